The molecule has 0 aliphatic rings. The minimum absolute atomic E-state index is 0.156. The second-order valence-electron chi connectivity index (χ2n) is 2.90. The summed E-state index contributed by atoms with van der Waals surface area (Å²) in [4.78, 5) is 11.6. The Labute approximate surface area is 99.7 Å². The molecule has 2 aromatic rings. The Bertz CT molecular complexity index is 478. The smallest absolute Gasteiger partial charge is 0.216 e. The summed E-state index contributed by atoms with van der Waals surface area (Å²) in [5.41, 5.74) is 0. The third kappa shape index (κ3) is 2.96. The maximum Gasteiger partial charge on any atom is 0.216 e. The molecule has 0 spiro atoms. The summed E-state index contributed by atoms with van der Waals surface area (Å²) < 4.78 is 18.7. The second-order valence-corrected chi connectivity index (χ2v) is 3.82. The van der Waals surface area contributed by atoms with E-state index in [0.717, 1.165) is 4.47 Å². The highest BCUT2D eigenvalue weighted by Gasteiger charge is 2.00. The first kappa shape index (κ1) is 10.9. The highest BCUT2D eigenvalue weighted by atomic mass is 79.9. The van der Waals surface area contributed by atoms with Gasteiger partial charge in [0.1, 0.15) is 6.61 Å². The lowest BCUT2D eigenvalue weighted by molar-refractivity contribution is 0.279. The Morgan fingerprint density at radius 2 is 2.00 bits per heavy atom. The first-order valence-electron chi connectivity index (χ1n) is 4.46. The van der Waals surface area contributed by atoms with Crippen LogP contribution in [-0.2, 0) is 6.61 Å². The van der Waals surface area contributed by atoms with Crippen LogP contribution >= 0.6 is 15.9 Å². The van der Waals surface area contributed by atoms with Crippen molar-refractivity contribution in [3.63, 3.8) is 0 Å². The lowest BCUT2D eigenvalue weighted by Crippen LogP contribution is -2.02. The predicted octanol–water partition coefficient (Wildman–Crippen LogP) is 2.35. The van der Waals surface area contributed by atoms with Crippen molar-refractivity contribution >= 4 is 15.9 Å². The van der Waals surface area contributed by atoms with E-state index in [1.54, 1.807) is 18.5 Å². The number of aromatic nitrogens is 3. The molecule has 2 aromatic heterocycles. The maximum atomic E-state index is 12.7. The van der Waals surface area contributed by atoms with Gasteiger partial charge in [-0.3, -0.25) is 0 Å². The van der Waals surface area contributed by atoms with Crippen molar-refractivity contribution in [1.82, 2.24) is 15.0 Å². The molecule has 82 valence electrons. The van der Waals surface area contributed by atoms with Gasteiger partial charge in [0.05, 0.1) is 4.47 Å². The van der Waals surface area contributed by atoms with Crippen LogP contribution in [0, 0.1) is 5.95 Å². The van der Waals surface area contributed by atoms with Crippen LogP contribution in [-0.4, -0.2) is 15.0 Å². The molecule has 0 atom stereocenters. The summed E-state index contributed by atoms with van der Waals surface area (Å²) in [7, 11) is 0. The summed E-state index contributed by atoms with van der Waals surface area (Å²) in [5, 5.41) is 0. The van der Waals surface area contributed by atoms with Crippen LogP contribution in [0.3, 0.4) is 0 Å². The van der Waals surface area contributed by atoms with Crippen LogP contribution in [0.5, 0.6) is 5.88 Å². The number of rotatable bonds is 3. The van der Waals surface area contributed by atoms with Crippen LogP contribution in [0.1, 0.15) is 5.82 Å². The number of nitrogens with zero attached hydrogens (tertiary/aromatic N) is 3. The number of halogens is 2. The van der Waals surface area contributed by atoms with Crippen molar-refractivity contribution < 1.29 is 9.13 Å². The Balaban J connectivity index is 1.99. The molecule has 0 bridgehead atoms. The first-order valence-corrected chi connectivity index (χ1v) is 5.25. The largest absolute Gasteiger partial charge is 0.469 e. The number of hydrogen-bond acceptors (Lipinski definition) is 4. The predicted molar refractivity (Wildman–Crippen MR) is 58.3 cm³/mol. The van der Waals surface area contributed by atoms with Gasteiger partial charge in [0.15, 0.2) is 5.82 Å². The van der Waals surface area contributed by atoms with E-state index in [0.29, 0.717) is 5.82 Å². The topological polar surface area (TPSA) is 47.9 Å². The minimum Gasteiger partial charge on any atom is -0.469 e. The molecular formula is C10H7BrFN3O. The molecule has 0 fully saturated rings. The molecule has 2 rings (SSSR count). The van der Waals surface area contributed by atoms with E-state index in [4.69, 9.17) is 4.74 Å². The van der Waals surface area contributed by atoms with E-state index < -0.39 is 5.95 Å². The van der Waals surface area contributed by atoms with Gasteiger partial charge in [-0.1, -0.05) is 6.07 Å². The number of ether oxygens (including phenoxy) is 1. The molecule has 0 aromatic carbocycles. The van der Waals surface area contributed by atoms with E-state index in [9.17, 15) is 4.39 Å². The van der Waals surface area contributed by atoms with Crippen LogP contribution in [0.25, 0.3) is 0 Å². The maximum absolute atomic E-state index is 12.7. The van der Waals surface area contributed by atoms with E-state index in [2.05, 4.69) is 30.9 Å². The fourth-order valence-electron chi connectivity index (χ4n) is 1.02. The molecule has 0 amide bonds. The molecular weight excluding hydrogens is 277 g/mol. The Kier molecular flexibility index (Phi) is 3.40. The van der Waals surface area contributed by atoms with Crippen LogP contribution < -0.4 is 4.74 Å². The summed E-state index contributed by atoms with van der Waals surface area (Å²) in [6.07, 6.45) is 3.23. The Hall–Kier alpha value is -1.56. The molecule has 0 saturated carbocycles. The molecule has 0 N–H and O–H groups in total. The first-order chi connectivity index (χ1) is 7.74. The summed E-state index contributed by atoms with van der Waals surface area (Å²) in [6, 6.07) is 4.35. The van der Waals surface area contributed by atoms with Gasteiger partial charge in [-0.15, -0.1) is 0 Å². The summed E-state index contributed by atoms with van der Waals surface area (Å²) >= 11 is 3.22. The SMILES string of the molecule is Fc1cccc(OCc2ncc(Br)cn2)n1. The van der Waals surface area contributed by atoms with E-state index in [-0.39, 0.29) is 12.5 Å². The number of pyridine rings is 1. The number of hydrogen-bond donors (Lipinski definition) is 0. The van der Waals surface area contributed by atoms with Crippen LogP contribution in [0.4, 0.5) is 4.39 Å². The van der Waals surface area contributed by atoms with Crippen molar-refractivity contribution in [3.05, 3.63) is 46.8 Å². The quantitative estimate of drug-likeness (QED) is 0.812. The highest BCUT2D eigenvalue weighted by Crippen LogP contribution is 2.09. The molecule has 16 heavy (non-hydrogen) atoms. The molecule has 0 aliphatic carbocycles. The fraction of sp³-hybridized carbons (Fsp3) is 0.100. The van der Waals surface area contributed by atoms with E-state index >= 15 is 0 Å². The van der Waals surface area contributed by atoms with Crippen LogP contribution in [0.2, 0.25) is 0 Å². The lowest BCUT2D eigenvalue weighted by atomic mass is 10.5. The monoisotopic (exact) mass is 283 g/mol. The minimum atomic E-state index is -0.575. The van der Waals surface area contributed by atoms with Crippen molar-refractivity contribution in [2.45, 2.75) is 6.61 Å². The van der Waals surface area contributed by atoms with Crippen molar-refractivity contribution in [3.8, 4) is 5.88 Å². The van der Waals surface area contributed by atoms with Gasteiger partial charge >= 0.3 is 0 Å². The fourth-order valence-corrected chi connectivity index (χ4v) is 1.23. The van der Waals surface area contributed by atoms with Crippen molar-refractivity contribution in [1.29, 1.82) is 0 Å². The second kappa shape index (κ2) is 4.98. The highest BCUT2D eigenvalue weighted by molar-refractivity contribution is 9.10. The standard InChI is InChI=1S/C10H7BrFN3O/c11-7-4-13-9(14-5-7)6-16-10-3-1-2-8(12)15-10/h1-5H,6H2. The van der Waals surface area contributed by atoms with Gasteiger partial charge in [-0.25, -0.2) is 9.97 Å². The van der Waals surface area contributed by atoms with Gasteiger partial charge in [-0.2, -0.15) is 9.37 Å². The van der Waals surface area contributed by atoms with Gasteiger partial charge in [-0.05, 0) is 22.0 Å². The molecule has 0 radical (unpaired) electrons. The Morgan fingerprint density at radius 3 is 2.69 bits per heavy atom. The Morgan fingerprint density at radius 1 is 1.25 bits per heavy atom. The average molecular weight is 284 g/mol. The molecule has 0 unspecified atom stereocenters. The van der Waals surface area contributed by atoms with E-state index in [1.807, 2.05) is 0 Å². The third-order valence-corrected chi connectivity index (χ3v) is 2.12. The third-order valence-electron chi connectivity index (χ3n) is 1.71. The molecule has 6 heteroatoms. The zero-order valence-corrected chi connectivity index (χ0v) is 9.69. The lowest BCUT2D eigenvalue weighted by Gasteiger charge is -2.03. The van der Waals surface area contributed by atoms with Gasteiger partial charge < -0.3 is 4.74 Å². The van der Waals surface area contributed by atoms with Gasteiger partial charge in [0.25, 0.3) is 0 Å². The van der Waals surface area contributed by atoms with Crippen LogP contribution in [0.15, 0.2) is 35.1 Å². The molecule has 0 saturated heterocycles. The summed E-state index contributed by atoms with van der Waals surface area (Å²) in [5.74, 6) is 0.148. The van der Waals surface area contributed by atoms with Crippen molar-refractivity contribution in [2.24, 2.45) is 0 Å². The van der Waals surface area contributed by atoms with Crippen molar-refractivity contribution in [2.75, 3.05) is 0 Å². The zero-order valence-electron chi connectivity index (χ0n) is 8.10. The zero-order chi connectivity index (χ0) is 11.4. The normalized spacial score (nSPS) is 10.1. The average Bonchev–Trinajstić information content (AvgIpc) is 2.28. The van der Waals surface area contributed by atoms with Gasteiger partial charge in [0, 0.05) is 18.5 Å². The molecule has 2 heterocycles. The summed E-state index contributed by atoms with van der Waals surface area (Å²) in [6.45, 7) is 0.156. The van der Waals surface area contributed by atoms with Gasteiger partial charge in [0.2, 0.25) is 11.8 Å². The molecule has 4 nitrogen and oxygen atoms in total. The van der Waals surface area contributed by atoms with E-state index in [1.165, 1.54) is 12.1 Å². The molecule has 0 aliphatic heterocycles.